The number of carbonyl (C=O) groups excluding carboxylic acids is 1. The highest BCUT2D eigenvalue weighted by Crippen LogP contribution is 2.23. The molecule has 0 radical (unpaired) electrons. The maximum absolute atomic E-state index is 13.9. The van der Waals surface area contributed by atoms with Crippen LogP contribution in [-0.2, 0) is 11.3 Å². The van der Waals surface area contributed by atoms with Gasteiger partial charge in [0.1, 0.15) is 17.2 Å². The van der Waals surface area contributed by atoms with Crippen LogP contribution in [0.4, 0.5) is 4.39 Å². The number of fused-ring (bicyclic) bond motifs is 1. The molecule has 1 aliphatic carbocycles. The molecule has 1 aromatic carbocycles. The molecule has 0 bridgehead atoms. The Kier molecular flexibility index (Phi) is 5.28. The van der Waals surface area contributed by atoms with Gasteiger partial charge in [0.25, 0.3) is 0 Å². The number of thioether (sulfide) groups is 1. The Labute approximate surface area is 159 Å². The summed E-state index contributed by atoms with van der Waals surface area (Å²) >= 11 is 1.31. The highest BCUT2D eigenvalue weighted by molar-refractivity contribution is 8.00. The fourth-order valence-electron chi connectivity index (χ4n) is 3.24. The quantitative estimate of drug-likeness (QED) is 0.518. The van der Waals surface area contributed by atoms with Crippen LogP contribution in [0.3, 0.4) is 0 Å². The first-order valence-corrected chi connectivity index (χ1v) is 9.89. The third-order valence-corrected chi connectivity index (χ3v) is 5.58. The number of rotatable bonds is 6. The maximum atomic E-state index is 13.9. The van der Waals surface area contributed by atoms with Crippen molar-refractivity contribution in [1.82, 2.24) is 30.3 Å². The Morgan fingerprint density at radius 1 is 1.26 bits per heavy atom. The number of hydrogen-bond donors (Lipinski definition) is 1. The monoisotopic (exact) mass is 386 g/mol. The molecule has 9 heteroatoms. The first kappa shape index (κ1) is 17.8. The van der Waals surface area contributed by atoms with Gasteiger partial charge in [0, 0.05) is 11.6 Å². The van der Waals surface area contributed by atoms with E-state index < -0.39 is 0 Å². The third kappa shape index (κ3) is 4.08. The predicted molar refractivity (Wildman–Crippen MR) is 99.7 cm³/mol. The molecule has 7 nitrogen and oxygen atoms in total. The molecule has 1 fully saturated rings. The molecule has 3 aromatic rings. The molecule has 1 N–H and O–H groups in total. The summed E-state index contributed by atoms with van der Waals surface area (Å²) in [6, 6.07) is 6.83. The summed E-state index contributed by atoms with van der Waals surface area (Å²) in [5, 5.41) is 11.9. The summed E-state index contributed by atoms with van der Waals surface area (Å²) in [6.45, 7) is 0.229. The third-order valence-electron chi connectivity index (χ3n) is 4.60. The van der Waals surface area contributed by atoms with Gasteiger partial charge in [-0.05, 0) is 18.9 Å². The maximum Gasteiger partial charge on any atom is 0.230 e. The molecule has 0 unspecified atom stereocenters. The van der Waals surface area contributed by atoms with E-state index >= 15 is 0 Å². The molecule has 140 valence electrons. The minimum absolute atomic E-state index is 0.00240. The SMILES string of the molecule is O=C(CSc1ncnc2c1nnn2Cc1ccccc1F)NC1CCCC1. The molecule has 0 saturated heterocycles. The molecule has 27 heavy (non-hydrogen) atoms. The van der Waals surface area contributed by atoms with Gasteiger partial charge in [-0.25, -0.2) is 19.0 Å². The summed E-state index contributed by atoms with van der Waals surface area (Å²) in [5.74, 6) is -0.0335. The van der Waals surface area contributed by atoms with E-state index in [1.165, 1.54) is 41.7 Å². The van der Waals surface area contributed by atoms with Gasteiger partial charge >= 0.3 is 0 Å². The molecule has 4 rings (SSSR count). The van der Waals surface area contributed by atoms with Crippen molar-refractivity contribution in [3.05, 3.63) is 42.0 Å². The Bertz CT molecular complexity index is 956. The van der Waals surface area contributed by atoms with Crippen LogP contribution in [0.1, 0.15) is 31.2 Å². The molecule has 0 atom stereocenters. The highest BCUT2D eigenvalue weighted by Gasteiger charge is 2.18. The standard InChI is InChI=1S/C18H19FN6OS/c19-14-8-4-1-5-12(14)9-25-17-16(23-24-25)18(21-11-20-17)27-10-15(26)22-13-6-2-3-7-13/h1,4-5,8,11,13H,2-3,6-7,9-10H2,(H,22,26). The van der Waals surface area contributed by atoms with E-state index in [-0.39, 0.29) is 24.0 Å². The van der Waals surface area contributed by atoms with Gasteiger partial charge < -0.3 is 5.32 Å². The van der Waals surface area contributed by atoms with Crippen LogP contribution in [0.15, 0.2) is 35.6 Å². The summed E-state index contributed by atoms with van der Waals surface area (Å²) in [5.41, 5.74) is 1.55. The number of hydrogen-bond acceptors (Lipinski definition) is 6. The molecular weight excluding hydrogens is 367 g/mol. The summed E-state index contributed by atoms with van der Waals surface area (Å²) in [6.07, 6.45) is 5.88. The smallest absolute Gasteiger partial charge is 0.230 e. The van der Waals surface area contributed by atoms with E-state index in [0.717, 1.165) is 12.8 Å². The number of nitrogens with one attached hydrogen (secondary N) is 1. The molecule has 1 amide bonds. The summed E-state index contributed by atoms with van der Waals surface area (Å²) < 4.78 is 15.4. The van der Waals surface area contributed by atoms with Gasteiger partial charge in [-0.1, -0.05) is 48.0 Å². The molecule has 2 aromatic heterocycles. The minimum atomic E-state index is -0.298. The van der Waals surface area contributed by atoms with Gasteiger partial charge in [0.2, 0.25) is 5.91 Å². The number of halogens is 1. The van der Waals surface area contributed by atoms with Crippen molar-refractivity contribution in [2.45, 2.75) is 43.3 Å². The van der Waals surface area contributed by atoms with Crippen LogP contribution in [0, 0.1) is 5.82 Å². The lowest BCUT2D eigenvalue weighted by Crippen LogP contribution is -2.33. The number of benzene rings is 1. The van der Waals surface area contributed by atoms with E-state index in [1.807, 2.05) is 0 Å². The Morgan fingerprint density at radius 2 is 2.07 bits per heavy atom. The number of aromatic nitrogens is 5. The second-order valence-electron chi connectivity index (χ2n) is 6.53. The zero-order chi connectivity index (χ0) is 18.6. The lowest BCUT2D eigenvalue weighted by atomic mass is 10.2. The van der Waals surface area contributed by atoms with Crippen molar-refractivity contribution in [3.8, 4) is 0 Å². The van der Waals surface area contributed by atoms with E-state index in [1.54, 1.807) is 18.2 Å². The molecule has 1 aliphatic rings. The largest absolute Gasteiger partial charge is 0.353 e. The lowest BCUT2D eigenvalue weighted by molar-refractivity contribution is -0.119. The van der Waals surface area contributed by atoms with E-state index in [4.69, 9.17) is 0 Å². The van der Waals surface area contributed by atoms with Crippen LogP contribution in [0.25, 0.3) is 11.2 Å². The van der Waals surface area contributed by atoms with Crippen molar-refractivity contribution in [3.63, 3.8) is 0 Å². The van der Waals surface area contributed by atoms with Gasteiger partial charge in [0.05, 0.1) is 12.3 Å². The second-order valence-corrected chi connectivity index (χ2v) is 7.49. The van der Waals surface area contributed by atoms with Crippen molar-refractivity contribution >= 4 is 28.8 Å². The summed E-state index contributed by atoms with van der Waals surface area (Å²) in [7, 11) is 0. The first-order valence-electron chi connectivity index (χ1n) is 8.90. The molecular formula is C18H19FN6OS. The fraction of sp³-hybridized carbons (Fsp3) is 0.389. The Balaban J connectivity index is 1.47. The fourth-order valence-corrected chi connectivity index (χ4v) is 3.99. The van der Waals surface area contributed by atoms with Crippen LogP contribution >= 0.6 is 11.8 Å². The predicted octanol–water partition coefficient (Wildman–Crippen LogP) is 2.56. The van der Waals surface area contributed by atoms with Gasteiger partial charge in [0.15, 0.2) is 11.2 Å². The van der Waals surface area contributed by atoms with Gasteiger partial charge in [-0.2, -0.15) is 0 Å². The molecule has 0 aliphatic heterocycles. The van der Waals surface area contributed by atoms with Crippen LogP contribution < -0.4 is 5.32 Å². The molecule has 1 saturated carbocycles. The van der Waals surface area contributed by atoms with Crippen LogP contribution in [-0.4, -0.2) is 42.7 Å². The van der Waals surface area contributed by atoms with Crippen molar-refractivity contribution < 1.29 is 9.18 Å². The highest BCUT2D eigenvalue weighted by atomic mass is 32.2. The summed E-state index contributed by atoms with van der Waals surface area (Å²) in [4.78, 5) is 20.6. The Hall–Kier alpha value is -2.55. The van der Waals surface area contributed by atoms with E-state index in [2.05, 4.69) is 25.6 Å². The van der Waals surface area contributed by atoms with Crippen LogP contribution in [0.5, 0.6) is 0 Å². The first-order chi connectivity index (χ1) is 13.2. The van der Waals surface area contributed by atoms with Crippen molar-refractivity contribution in [2.75, 3.05) is 5.75 Å². The van der Waals surface area contributed by atoms with E-state index in [0.29, 0.717) is 27.8 Å². The average Bonchev–Trinajstić information content (AvgIpc) is 3.32. The van der Waals surface area contributed by atoms with Gasteiger partial charge in [-0.3, -0.25) is 4.79 Å². The number of nitrogens with zero attached hydrogens (tertiary/aromatic N) is 5. The Morgan fingerprint density at radius 3 is 2.89 bits per heavy atom. The number of amides is 1. The zero-order valence-electron chi connectivity index (χ0n) is 14.6. The minimum Gasteiger partial charge on any atom is -0.353 e. The zero-order valence-corrected chi connectivity index (χ0v) is 15.5. The van der Waals surface area contributed by atoms with Gasteiger partial charge in [-0.15, -0.1) is 5.10 Å². The molecule has 0 spiro atoms. The van der Waals surface area contributed by atoms with Crippen molar-refractivity contribution in [1.29, 1.82) is 0 Å². The normalized spacial score (nSPS) is 14.7. The van der Waals surface area contributed by atoms with Crippen molar-refractivity contribution in [2.24, 2.45) is 0 Å². The number of carbonyl (C=O) groups is 1. The molecule has 2 heterocycles. The topological polar surface area (TPSA) is 85.6 Å². The average molecular weight is 386 g/mol. The van der Waals surface area contributed by atoms with Crippen LogP contribution in [0.2, 0.25) is 0 Å². The second kappa shape index (κ2) is 7.99. The lowest BCUT2D eigenvalue weighted by Gasteiger charge is -2.11. The van der Waals surface area contributed by atoms with E-state index in [9.17, 15) is 9.18 Å².